The van der Waals surface area contributed by atoms with Crippen molar-refractivity contribution in [1.29, 1.82) is 5.41 Å². The Hall–Kier alpha value is -1.72. The molecule has 0 amide bonds. The zero-order valence-electron chi connectivity index (χ0n) is 7.85. The fourth-order valence-corrected chi connectivity index (χ4v) is 0.656. The van der Waals surface area contributed by atoms with Gasteiger partial charge in [0.1, 0.15) is 6.04 Å². The van der Waals surface area contributed by atoms with Crippen molar-refractivity contribution in [3.05, 3.63) is 0 Å². The number of aliphatic carboxylic acids is 2. The standard InChI is InChI=1S/C6H11NO4.CHNO/c1-7(2)4(6(10)11)3-5(8)9;2-1-3/h4H,3H2,1-2H3,(H,8,9)(H,10,11);2H/t4-;/m0./s1. The molecule has 0 heterocycles. The summed E-state index contributed by atoms with van der Waals surface area (Å²) in [7, 11) is 3.06. The number of rotatable bonds is 4. The van der Waals surface area contributed by atoms with Crippen molar-refractivity contribution >= 4 is 18.0 Å². The molecule has 1 atom stereocenters. The van der Waals surface area contributed by atoms with Crippen LogP contribution in [0.4, 0.5) is 0 Å². The van der Waals surface area contributed by atoms with Gasteiger partial charge in [0.05, 0.1) is 6.42 Å². The predicted octanol–water partition coefficient (Wildman–Crippen LogP) is -0.623. The lowest BCUT2D eigenvalue weighted by molar-refractivity contribution is -0.148. The van der Waals surface area contributed by atoms with Crippen LogP contribution in [0.15, 0.2) is 0 Å². The molecule has 0 unspecified atom stereocenters. The second kappa shape index (κ2) is 7.90. The van der Waals surface area contributed by atoms with Crippen LogP contribution in [0.5, 0.6) is 0 Å². The lowest BCUT2D eigenvalue weighted by Gasteiger charge is -2.17. The molecule has 80 valence electrons. The number of isocyanates is 1. The number of carbonyl (C=O) groups excluding carboxylic acids is 1. The quantitative estimate of drug-likeness (QED) is 0.414. The minimum Gasteiger partial charge on any atom is -0.481 e. The summed E-state index contributed by atoms with van der Waals surface area (Å²) < 4.78 is 0. The van der Waals surface area contributed by atoms with Crippen molar-refractivity contribution in [1.82, 2.24) is 4.90 Å². The van der Waals surface area contributed by atoms with E-state index in [4.69, 9.17) is 20.4 Å². The van der Waals surface area contributed by atoms with Gasteiger partial charge in [0.25, 0.3) is 0 Å². The largest absolute Gasteiger partial charge is 0.481 e. The number of carboxylic acids is 2. The van der Waals surface area contributed by atoms with E-state index in [0.29, 0.717) is 0 Å². The van der Waals surface area contributed by atoms with Crippen LogP contribution < -0.4 is 0 Å². The van der Waals surface area contributed by atoms with Crippen molar-refractivity contribution in [3.8, 4) is 0 Å². The predicted molar refractivity (Wildman–Crippen MR) is 45.8 cm³/mol. The van der Waals surface area contributed by atoms with Gasteiger partial charge in [-0.05, 0) is 14.1 Å². The Morgan fingerprint density at radius 1 is 1.43 bits per heavy atom. The van der Waals surface area contributed by atoms with E-state index >= 15 is 0 Å². The number of nitrogens with zero attached hydrogens (tertiary/aromatic N) is 1. The highest BCUT2D eigenvalue weighted by Gasteiger charge is 2.22. The smallest absolute Gasteiger partial charge is 0.321 e. The summed E-state index contributed by atoms with van der Waals surface area (Å²) in [6.45, 7) is 0. The van der Waals surface area contributed by atoms with E-state index in [9.17, 15) is 9.59 Å². The van der Waals surface area contributed by atoms with Gasteiger partial charge in [-0.15, -0.1) is 0 Å². The molecule has 0 saturated heterocycles. The Bertz CT molecular complexity index is 232. The normalized spacial score (nSPS) is 10.8. The lowest BCUT2D eigenvalue weighted by Crippen LogP contribution is -2.37. The minimum atomic E-state index is -1.11. The molecule has 7 nitrogen and oxygen atoms in total. The van der Waals surface area contributed by atoms with E-state index in [2.05, 4.69) is 0 Å². The van der Waals surface area contributed by atoms with Crippen LogP contribution in [0, 0.1) is 5.41 Å². The third-order valence-electron chi connectivity index (χ3n) is 1.28. The van der Waals surface area contributed by atoms with E-state index in [1.165, 1.54) is 19.0 Å². The van der Waals surface area contributed by atoms with Crippen LogP contribution in [0.3, 0.4) is 0 Å². The molecule has 0 fully saturated rings. The molecule has 0 aromatic carbocycles. The summed E-state index contributed by atoms with van der Waals surface area (Å²) in [4.78, 5) is 30.2. The Balaban J connectivity index is 0. The van der Waals surface area contributed by atoms with Crippen LogP contribution >= 0.6 is 0 Å². The molecule has 3 N–H and O–H groups in total. The first-order valence-electron chi connectivity index (χ1n) is 3.51. The first-order valence-corrected chi connectivity index (χ1v) is 3.51. The van der Waals surface area contributed by atoms with E-state index in [-0.39, 0.29) is 6.42 Å². The van der Waals surface area contributed by atoms with Crippen LogP contribution in [0.2, 0.25) is 0 Å². The van der Waals surface area contributed by atoms with Crippen LogP contribution in [0.25, 0.3) is 0 Å². The Kier molecular flexibility index (Phi) is 8.35. The zero-order chi connectivity index (χ0) is 11.7. The van der Waals surface area contributed by atoms with Gasteiger partial charge in [-0.3, -0.25) is 14.5 Å². The Morgan fingerprint density at radius 3 is 1.86 bits per heavy atom. The second-order valence-corrected chi connectivity index (χ2v) is 2.52. The highest BCUT2D eigenvalue weighted by atomic mass is 16.4. The highest BCUT2D eigenvalue weighted by molar-refractivity contribution is 5.80. The molecule has 0 aliphatic carbocycles. The molecule has 0 bridgehead atoms. The number of carbonyl (C=O) groups is 2. The third kappa shape index (κ3) is 8.38. The topological polar surface area (TPSA) is 119 Å². The first kappa shape index (κ1) is 14.8. The number of hydrogen-bond acceptors (Lipinski definition) is 5. The van der Waals surface area contributed by atoms with Crippen molar-refractivity contribution < 1.29 is 24.6 Å². The maximum absolute atomic E-state index is 10.4. The fourth-order valence-electron chi connectivity index (χ4n) is 0.656. The number of hydrogen-bond donors (Lipinski definition) is 3. The molecule has 0 radical (unpaired) electrons. The fraction of sp³-hybridized carbons (Fsp3) is 0.571. The zero-order valence-corrected chi connectivity index (χ0v) is 7.85. The maximum Gasteiger partial charge on any atom is 0.321 e. The summed E-state index contributed by atoms with van der Waals surface area (Å²) >= 11 is 0. The van der Waals surface area contributed by atoms with E-state index in [1.807, 2.05) is 0 Å². The van der Waals surface area contributed by atoms with Gasteiger partial charge in [0, 0.05) is 0 Å². The number of nitrogens with one attached hydrogen (secondary N) is 1. The van der Waals surface area contributed by atoms with E-state index in [1.54, 1.807) is 0 Å². The van der Waals surface area contributed by atoms with Gasteiger partial charge in [0.15, 0.2) is 0 Å². The summed E-state index contributed by atoms with van der Waals surface area (Å²) in [6.07, 6.45) is 0.377. The number of likely N-dealkylation sites (N-methyl/N-ethyl adjacent to an activating group) is 1. The van der Waals surface area contributed by atoms with Crippen molar-refractivity contribution in [2.24, 2.45) is 0 Å². The first-order chi connectivity index (χ1) is 6.36. The molecule has 7 heteroatoms. The van der Waals surface area contributed by atoms with Crippen molar-refractivity contribution in [2.75, 3.05) is 14.1 Å². The molecule has 14 heavy (non-hydrogen) atoms. The van der Waals surface area contributed by atoms with E-state index < -0.39 is 18.0 Å². The van der Waals surface area contributed by atoms with Gasteiger partial charge >= 0.3 is 11.9 Å². The van der Waals surface area contributed by atoms with Gasteiger partial charge < -0.3 is 10.2 Å². The molecule has 0 spiro atoms. The molecule has 0 rings (SSSR count). The van der Waals surface area contributed by atoms with Gasteiger partial charge in [-0.25, -0.2) is 10.2 Å². The summed E-state index contributed by atoms with van der Waals surface area (Å²) in [5.41, 5.74) is 0. The van der Waals surface area contributed by atoms with Gasteiger partial charge in [-0.1, -0.05) is 0 Å². The summed E-state index contributed by atoms with van der Waals surface area (Å²) in [5.74, 6) is -2.22. The molecule has 0 aromatic rings. The van der Waals surface area contributed by atoms with Gasteiger partial charge in [0.2, 0.25) is 6.08 Å². The molecule has 0 aromatic heterocycles. The van der Waals surface area contributed by atoms with Gasteiger partial charge in [-0.2, -0.15) is 0 Å². The molecular weight excluding hydrogens is 192 g/mol. The highest BCUT2D eigenvalue weighted by Crippen LogP contribution is 1.99. The average Bonchev–Trinajstić information content (AvgIpc) is 2.00. The Labute approximate surface area is 80.5 Å². The van der Waals surface area contributed by atoms with Crippen LogP contribution in [-0.4, -0.2) is 53.3 Å². The van der Waals surface area contributed by atoms with Crippen molar-refractivity contribution in [2.45, 2.75) is 12.5 Å². The third-order valence-corrected chi connectivity index (χ3v) is 1.28. The lowest BCUT2D eigenvalue weighted by atomic mass is 10.2. The minimum absolute atomic E-state index is 0.373. The maximum atomic E-state index is 10.4. The Morgan fingerprint density at radius 2 is 1.79 bits per heavy atom. The summed E-state index contributed by atoms with van der Waals surface area (Å²) in [6, 6.07) is -0.938. The molecule has 0 saturated carbocycles. The van der Waals surface area contributed by atoms with Crippen LogP contribution in [0.1, 0.15) is 6.42 Å². The van der Waals surface area contributed by atoms with Crippen molar-refractivity contribution in [3.63, 3.8) is 0 Å². The molecule has 0 aliphatic heterocycles. The molecular formula is C7H12N2O5. The number of carboxylic acid groups (broad SMARTS) is 2. The van der Waals surface area contributed by atoms with E-state index in [0.717, 1.165) is 6.08 Å². The SMILES string of the molecule is CN(C)[C@@H](CC(=O)O)C(=O)O.N=C=O. The second-order valence-electron chi connectivity index (χ2n) is 2.52. The monoisotopic (exact) mass is 204 g/mol. The molecule has 0 aliphatic rings. The average molecular weight is 204 g/mol. The van der Waals surface area contributed by atoms with Crippen LogP contribution in [-0.2, 0) is 14.4 Å². The summed E-state index contributed by atoms with van der Waals surface area (Å²) in [5, 5.41) is 22.2.